The minimum atomic E-state index is -0.507. The summed E-state index contributed by atoms with van der Waals surface area (Å²) in [6, 6.07) is 7.79. The Kier molecular flexibility index (Phi) is 8.35. The zero-order chi connectivity index (χ0) is 26.1. The first-order valence-electron chi connectivity index (χ1n) is 12.5. The lowest BCUT2D eigenvalue weighted by Crippen LogP contribution is -2.51. The monoisotopic (exact) mass is 551 g/mol. The number of hydrogen-bond donors (Lipinski definition) is 2. The van der Waals surface area contributed by atoms with Gasteiger partial charge in [0, 0.05) is 24.0 Å². The molecule has 0 unspecified atom stereocenters. The van der Waals surface area contributed by atoms with Crippen LogP contribution >= 0.6 is 35.0 Å². The van der Waals surface area contributed by atoms with Gasteiger partial charge in [-0.15, -0.1) is 0 Å². The Balaban J connectivity index is 1.47. The first-order chi connectivity index (χ1) is 17.0. The molecule has 2 aromatic rings. The van der Waals surface area contributed by atoms with E-state index in [2.05, 4.69) is 16.3 Å². The number of carbonyl (C=O) groups is 1. The van der Waals surface area contributed by atoms with Gasteiger partial charge in [0.2, 0.25) is 0 Å². The number of ether oxygens (including phenoxy) is 1. The van der Waals surface area contributed by atoms with E-state index >= 15 is 0 Å². The summed E-state index contributed by atoms with van der Waals surface area (Å²) in [6.07, 6.45) is 4.84. The smallest absolute Gasteiger partial charge is 0.407 e. The fourth-order valence-electron chi connectivity index (χ4n) is 5.38. The molecule has 2 heterocycles. The number of nitrogens with zero attached hydrogens (tertiary/aromatic N) is 2. The van der Waals surface area contributed by atoms with Gasteiger partial charge in [0.1, 0.15) is 10.6 Å². The molecule has 2 N–H and O–H groups in total. The van der Waals surface area contributed by atoms with Gasteiger partial charge in [0.15, 0.2) is 0 Å². The topological polar surface area (TPSA) is 74.7 Å². The normalized spacial score (nSPS) is 19.5. The summed E-state index contributed by atoms with van der Waals surface area (Å²) in [5, 5.41) is 15.1. The number of anilines is 1. The third-order valence-electron chi connectivity index (χ3n) is 7.19. The van der Waals surface area contributed by atoms with Crippen molar-refractivity contribution in [1.29, 1.82) is 0 Å². The van der Waals surface area contributed by atoms with Crippen molar-refractivity contribution in [3.8, 4) is 0 Å². The molecule has 6 nitrogen and oxygen atoms in total. The standard InChI is InChI=1S/C27H35Cl2N3O3S/c1-17-15-20(19(16-33)30-24(17)36-21-8-5-7-18(28)23(21)29)32-13-11-27(12-14-32)10-6-9-22(27)31-25(34)35-26(2,3)4/h5,7-8,15,22,33H,6,9-14,16H2,1-4H3,(H,31,34)/t22-/m1/s1. The fraction of sp³-hybridized carbons (Fsp3) is 0.556. The summed E-state index contributed by atoms with van der Waals surface area (Å²) < 4.78 is 5.52. The van der Waals surface area contributed by atoms with Crippen LogP contribution in [0, 0.1) is 12.3 Å². The van der Waals surface area contributed by atoms with E-state index in [1.165, 1.54) is 11.8 Å². The van der Waals surface area contributed by atoms with Crippen molar-refractivity contribution >= 4 is 46.7 Å². The Hall–Kier alpha value is -1.67. The number of hydrogen-bond acceptors (Lipinski definition) is 6. The maximum atomic E-state index is 12.5. The van der Waals surface area contributed by atoms with Gasteiger partial charge < -0.3 is 20.1 Å². The Morgan fingerprint density at radius 1 is 1.28 bits per heavy atom. The van der Waals surface area contributed by atoms with Crippen molar-refractivity contribution in [2.45, 2.75) is 88.0 Å². The quantitative estimate of drug-likeness (QED) is 0.416. The zero-order valence-electron chi connectivity index (χ0n) is 21.4. The maximum absolute atomic E-state index is 12.5. The number of aryl methyl sites for hydroxylation is 1. The SMILES string of the molecule is Cc1cc(N2CCC3(CCC[C@H]3NC(=O)OC(C)(C)C)CC2)c(CO)nc1Sc1cccc(Cl)c1Cl. The predicted octanol–water partition coefficient (Wildman–Crippen LogP) is 7.00. The molecule has 1 aliphatic carbocycles. The molecule has 1 saturated heterocycles. The van der Waals surface area contributed by atoms with Crippen LogP contribution in [0.4, 0.5) is 10.5 Å². The lowest BCUT2D eigenvalue weighted by molar-refractivity contribution is 0.0442. The Morgan fingerprint density at radius 2 is 2.00 bits per heavy atom. The van der Waals surface area contributed by atoms with Gasteiger partial charge >= 0.3 is 6.09 Å². The van der Waals surface area contributed by atoms with Crippen molar-refractivity contribution in [2.24, 2.45) is 5.41 Å². The summed E-state index contributed by atoms with van der Waals surface area (Å²) >= 11 is 14.0. The number of amides is 1. The van der Waals surface area contributed by atoms with Gasteiger partial charge in [-0.2, -0.15) is 0 Å². The molecule has 196 valence electrons. The Labute approximate surface area is 228 Å². The molecule has 1 aromatic carbocycles. The summed E-state index contributed by atoms with van der Waals surface area (Å²) in [6.45, 7) is 9.26. The van der Waals surface area contributed by atoms with Crippen LogP contribution in [0.2, 0.25) is 10.0 Å². The average molecular weight is 553 g/mol. The molecule has 2 fully saturated rings. The van der Waals surface area contributed by atoms with Gasteiger partial charge in [0.25, 0.3) is 0 Å². The van der Waals surface area contributed by atoms with Crippen LogP contribution in [-0.2, 0) is 11.3 Å². The highest BCUT2D eigenvalue weighted by atomic mass is 35.5. The lowest BCUT2D eigenvalue weighted by atomic mass is 9.74. The van der Waals surface area contributed by atoms with E-state index in [1.54, 1.807) is 6.07 Å². The molecule has 0 radical (unpaired) electrons. The molecule has 1 aromatic heterocycles. The molecule has 9 heteroatoms. The molecule has 36 heavy (non-hydrogen) atoms. The molecule has 1 spiro atoms. The van der Waals surface area contributed by atoms with E-state index in [0.29, 0.717) is 15.7 Å². The second kappa shape index (κ2) is 11.0. The largest absolute Gasteiger partial charge is 0.444 e. The van der Waals surface area contributed by atoms with E-state index in [1.807, 2.05) is 39.8 Å². The molecule has 4 rings (SSSR count). The lowest BCUT2D eigenvalue weighted by Gasteiger charge is -2.44. The highest BCUT2D eigenvalue weighted by Gasteiger charge is 2.46. The zero-order valence-corrected chi connectivity index (χ0v) is 23.7. The third-order valence-corrected chi connectivity index (χ3v) is 9.29. The number of halogens is 2. The van der Waals surface area contributed by atoms with Gasteiger partial charge in [-0.1, -0.05) is 47.5 Å². The Bertz CT molecular complexity index is 1110. The van der Waals surface area contributed by atoms with Gasteiger partial charge in [0.05, 0.1) is 28.0 Å². The minimum absolute atomic E-state index is 0.0916. The number of pyridine rings is 1. The molecule has 1 atom stereocenters. The van der Waals surface area contributed by atoms with Crippen LogP contribution in [0.15, 0.2) is 34.2 Å². The number of aliphatic hydroxyl groups excluding tert-OH is 1. The number of nitrogens with one attached hydrogen (secondary N) is 1. The van der Waals surface area contributed by atoms with E-state index in [4.69, 9.17) is 32.9 Å². The first-order valence-corrected chi connectivity index (χ1v) is 14.1. The van der Waals surface area contributed by atoms with Crippen LogP contribution in [-0.4, -0.2) is 40.9 Å². The second-order valence-electron chi connectivity index (χ2n) is 10.8. The van der Waals surface area contributed by atoms with Crippen molar-refractivity contribution in [3.05, 3.63) is 45.6 Å². The van der Waals surface area contributed by atoms with E-state index in [9.17, 15) is 9.90 Å². The Morgan fingerprint density at radius 3 is 2.67 bits per heavy atom. The molecule has 1 saturated carbocycles. The number of piperidine rings is 1. The number of aliphatic hydroxyl groups is 1. The minimum Gasteiger partial charge on any atom is -0.444 e. The van der Waals surface area contributed by atoms with E-state index in [-0.39, 0.29) is 24.2 Å². The van der Waals surface area contributed by atoms with Gasteiger partial charge in [-0.05, 0) is 82.6 Å². The summed E-state index contributed by atoms with van der Waals surface area (Å²) in [5.41, 5.74) is 2.24. The third kappa shape index (κ3) is 6.07. The van der Waals surface area contributed by atoms with Gasteiger partial charge in [-0.25, -0.2) is 9.78 Å². The molecular formula is C27H35Cl2N3O3S. The maximum Gasteiger partial charge on any atom is 0.407 e. The number of aromatic nitrogens is 1. The number of benzene rings is 1. The summed E-state index contributed by atoms with van der Waals surface area (Å²) in [4.78, 5) is 20.4. The van der Waals surface area contributed by atoms with Crippen LogP contribution in [0.3, 0.4) is 0 Å². The van der Waals surface area contributed by atoms with E-state index in [0.717, 1.165) is 66.4 Å². The molecule has 1 amide bonds. The van der Waals surface area contributed by atoms with Crippen LogP contribution in [0.5, 0.6) is 0 Å². The van der Waals surface area contributed by atoms with Crippen molar-refractivity contribution in [3.63, 3.8) is 0 Å². The van der Waals surface area contributed by atoms with Crippen LogP contribution in [0.25, 0.3) is 0 Å². The van der Waals surface area contributed by atoms with Crippen molar-refractivity contribution in [1.82, 2.24) is 10.3 Å². The van der Waals surface area contributed by atoms with Crippen molar-refractivity contribution in [2.75, 3.05) is 18.0 Å². The molecular weight excluding hydrogens is 517 g/mol. The highest BCUT2D eigenvalue weighted by molar-refractivity contribution is 7.99. The number of carbonyl (C=O) groups excluding carboxylic acids is 1. The molecule has 2 aliphatic rings. The highest BCUT2D eigenvalue weighted by Crippen LogP contribution is 2.47. The van der Waals surface area contributed by atoms with Crippen molar-refractivity contribution < 1.29 is 14.6 Å². The van der Waals surface area contributed by atoms with Crippen LogP contribution < -0.4 is 10.2 Å². The fourth-order valence-corrected chi connectivity index (χ4v) is 6.79. The molecule has 0 bridgehead atoms. The van der Waals surface area contributed by atoms with Crippen LogP contribution in [0.1, 0.15) is 64.1 Å². The number of alkyl carbamates (subject to hydrolysis) is 1. The van der Waals surface area contributed by atoms with Gasteiger partial charge in [-0.3, -0.25) is 0 Å². The summed E-state index contributed by atoms with van der Waals surface area (Å²) in [7, 11) is 0. The van der Waals surface area contributed by atoms with E-state index < -0.39 is 5.60 Å². The summed E-state index contributed by atoms with van der Waals surface area (Å²) in [5.74, 6) is 0. The molecule has 1 aliphatic heterocycles. The number of rotatable bonds is 5. The predicted molar refractivity (Wildman–Crippen MR) is 146 cm³/mol. The first kappa shape index (κ1) is 27.4. The average Bonchev–Trinajstić information content (AvgIpc) is 3.18. The second-order valence-corrected chi connectivity index (χ2v) is 12.6.